The first-order valence-corrected chi connectivity index (χ1v) is 5.41. The molecule has 0 aliphatic heterocycles. The minimum atomic E-state index is -0.0967. The molecule has 0 spiro atoms. The summed E-state index contributed by atoms with van der Waals surface area (Å²) in [6, 6.07) is 12.0. The van der Waals surface area contributed by atoms with Crippen molar-refractivity contribution in [3.63, 3.8) is 0 Å². The lowest BCUT2D eigenvalue weighted by molar-refractivity contribution is 0.276. The van der Waals surface area contributed by atoms with E-state index in [0.717, 1.165) is 11.3 Å². The maximum atomic E-state index is 8.87. The molecule has 2 aromatic rings. The van der Waals surface area contributed by atoms with Crippen molar-refractivity contribution in [3.8, 4) is 5.69 Å². The van der Waals surface area contributed by atoms with Crippen molar-refractivity contribution in [2.75, 3.05) is 6.61 Å². The zero-order valence-electron chi connectivity index (χ0n) is 9.08. The SMILES string of the molecule is NC(CCO)c1cccc(-n2cccc2)c1. The van der Waals surface area contributed by atoms with Gasteiger partial charge in [0, 0.05) is 30.7 Å². The lowest BCUT2D eigenvalue weighted by Gasteiger charge is -2.12. The fourth-order valence-electron chi connectivity index (χ4n) is 1.73. The van der Waals surface area contributed by atoms with Crippen LogP contribution in [0.25, 0.3) is 5.69 Å². The third kappa shape index (κ3) is 2.32. The van der Waals surface area contributed by atoms with Crippen molar-refractivity contribution in [3.05, 3.63) is 54.4 Å². The van der Waals surface area contributed by atoms with Gasteiger partial charge in [0.1, 0.15) is 0 Å². The van der Waals surface area contributed by atoms with Crippen LogP contribution in [0.1, 0.15) is 18.0 Å². The Bertz CT molecular complexity index is 437. The summed E-state index contributed by atoms with van der Waals surface area (Å²) >= 11 is 0. The number of nitrogens with zero attached hydrogens (tertiary/aromatic N) is 1. The minimum Gasteiger partial charge on any atom is -0.396 e. The van der Waals surface area contributed by atoms with Gasteiger partial charge in [0.25, 0.3) is 0 Å². The van der Waals surface area contributed by atoms with E-state index in [1.165, 1.54) is 0 Å². The molecule has 0 amide bonds. The van der Waals surface area contributed by atoms with Crippen LogP contribution in [-0.4, -0.2) is 16.3 Å². The van der Waals surface area contributed by atoms with Gasteiger partial charge in [0.05, 0.1) is 0 Å². The number of nitrogens with two attached hydrogens (primary N) is 1. The van der Waals surface area contributed by atoms with Gasteiger partial charge in [0.2, 0.25) is 0 Å². The van der Waals surface area contributed by atoms with Gasteiger partial charge in [-0.1, -0.05) is 12.1 Å². The highest BCUT2D eigenvalue weighted by Crippen LogP contribution is 2.17. The largest absolute Gasteiger partial charge is 0.396 e. The van der Waals surface area contributed by atoms with E-state index in [2.05, 4.69) is 6.07 Å². The second kappa shape index (κ2) is 4.96. The Balaban J connectivity index is 2.26. The van der Waals surface area contributed by atoms with Gasteiger partial charge in [0.15, 0.2) is 0 Å². The van der Waals surface area contributed by atoms with E-state index >= 15 is 0 Å². The fourth-order valence-corrected chi connectivity index (χ4v) is 1.73. The molecule has 0 saturated heterocycles. The summed E-state index contributed by atoms with van der Waals surface area (Å²) in [6.45, 7) is 0.120. The van der Waals surface area contributed by atoms with E-state index in [9.17, 15) is 0 Å². The van der Waals surface area contributed by atoms with Gasteiger partial charge in [-0.05, 0) is 36.2 Å². The lowest BCUT2D eigenvalue weighted by atomic mass is 10.0. The van der Waals surface area contributed by atoms with E-state index in [4.69, 9.17) is 10.8 Å². The van der Waals surface area contributed by atoms with E-state index < -0.39 is 0 Å². The third-order valence-corrected chi connectivity index (χ3v) is 2.64. The van der Waals surface area contributed by atoms with Crippen molar-refractivity contribution in [1.29, 1.82) is 0 Å². The highest BCUT2D eigenvalue weighted by molar-refractivity contribution is 5.37. The predicted octanol–water partition coefficient (Wildman–Crippen LogP) is 1.86. The second-order valence-electron chi connectivity index (χ2n) is 3.80. The zero-order chi connectivity index (χ0) is 11.4. The standard InChI is InChI=1S/C13H16N2O/c14-13(6-9-16)11-4-3-5-12(10-11)15-7-1-2-8-15/h1-5,7-8,10,13,16H,6,9,14H2. The molecule has 1 heterocycles. The van der Waals surface area contributed by atoms with Crippen LogP contribution >= 0.6 is 0 Å². The Labute approximate surface area is 95.1 Å². The Morgan fingerprint density at radius 2 is 1.94 bits per heavy atom. The summed E-state index contributed by atoms with van der Waals surface area (Å²) in [5.41, 5.74) is 8.11. The fraction of sp³-hybridized carbons (Fsp3) is 0.231. The first kappa shape index (κ1) is 10.9. The normalized spacial score (nSPS) is 12.6. The van der Waals surface area contributed by atoms with Crippen LogP contribution in [0.4, 0.5) is 0 Å². The van der Waals surface area contributed by atoms with E-state index in [0.29, 0.717) is 6.42 Å². The summed E-state index contributed by atoms with van der Waals surface area (Å²) < 4.78 is 2.04. The molecule has 0 radical (unpaired) electrons. The number of hydrogen-bond acceptors (Lipinski definition) is 2. The monoisotopic (exact) mass is 216 g/mol. The van der Waals surface area contributed by atoms with Gasteiger partial charge in [-0.15, -0.1) is 0 Å². The molecule has 84 valence electrons. The predicted molar refractivity (Wildman–Crippen MR) is 64.4 cm³/mol. The number of aromatic nitrogens is 1. The number of rotatable bonds is 4. The lowest BCUT2D eigenvalue weighted by Crippen LogP contribution is -2.12. The third-order valence-electron chi connectivity index (χ3n) is 2.64. The van der Waals surface area contributed by atoms with Gasteiger partial charge in [-0.25, -0.2) is 0 Å². The van der Waals surface area contributed by atoms with E-state index in [1.54, 1.807) is 0 Å². The molecule has 0 fully saturated rings. The molecule has 1 aromatic heterocycles. The Morgan fingerprint density at radius 1 is 1.19 bits per heavy atom. The number of hydrogen-bond donors (Lipinski definition) is 2. The summed E-state index contributed by atoms with van der Waals surface area (Å²) in [5, 5.41) is 8.87. The zero-order valence-corrected chi connectivity index (χ0v) is 9.08. The van der Waals surface area contributed by atoms with Crippen LogP contribution in [0.2, 0.25) is 0 Å². The maximum absolute atomic E-state index is 8.87. The molecular formula is C13H16N2O. The number of aliphatic hydroxyl groups excluding tert-OH is 1. The molecule has 1 unspecified atom stereocenters. The minimum absolute atomic E-state index is 0.0967. The molecule has 3 heteroatoms. The van der Waals surface area contributed by atoms with Crippen molar-refractivity contribution >= 4 is 0 Å². The molecule has 0 aliphatic rings. The van der Waals surface area contributed by atoms with Crippen LogP contribution in [0, 0.1) is 0 Å². The van der Waals surface area contributed by atoms with Crippen LogP contribution in [-0.2, 0) is 0 Å². The highest BCUT2D eigenvalue weighted by atomic mass is 16.3. The van der Waals surface area contributed by atoms with Crippen molar-refractivity contribution in [2.24, 2.45) is 5.73 Å². The van der Waals surface area contributed by atoms with E-state index in [-0.39, 0.29) is 12.6 Å². The van der Waals surface area contributed by atoms with Crippen LogP contribution in [0.5, 0.6) is 0 Å². The molecule has 16 heavy (non-hydrogen) atoms. The summed E-state index contributed by atoms with van der Waals surface area (Å²) in [7, 11) is 0. The van der Waals surface area contributed by atoms with Crippen molar-refractivity contribution in [2.45, 2.75) is 12.5 Å². The smallest absolute Gasteiger partial charge is 0.0452 e. The van der Waals surface area contributed by atoms with Crippen LogP contribution in [0.3, 0.4) is 0 Å². The van der Waals surface area contributed by atoms with Gasteiger partial charge < -0.3 is 15.4 Å². The Hall–Kier alpha value is -1.58. The number of aliphatic hydroxyl groups is 1. The Kier molecular flexibility index (Phi) is 3.39. The average molecular weight is 216 g/mol. The van der Waals surface area contributed by atoms with E-state index in [1.807, 2.05) is 47.3 Å². The second-order valence-corrected chi connectivity index (χ2v) is 3.80. The molecule has 0 saturated carbocycles. The van der Waals surface area contributed by atoms with Gasteiger partial charge in [-0.2, -0.15) is 0 Å². The summed E-state index contributed by atoms with van der Waals surface area (Å²) in [5.74, 6) is 0. The molecule has 3 N–H and O–H groups in total. The molecule has 1 atom stereocenters. The summed E-state index contributed by atoms with van der Waals surface area (Å²) in [4.78, 5) is 0. The first-order valence-electron chi connectivity index (χ1n) is 5.41. The number of benzene rings is 1. The summed E-state index contributed by atoms with van der Waals surface area (Å²) in [6.07, 6.45) is 4.59. The molecule has 2 rings (SSSR count). The van der Waals surface area contributed by atoms with Crippen molar-refractivity contribution in [1.82, 2.24) is 4.57 Å². The van der Waals surface area contributed by atoms with Gasteiger partial charge >= 0.3 is 0 Å². The highest BCUT2D eigenvalue weighted by Gasteiger charge is 2.05. The topological polar surface area (TPSA) is 51.2 Å². The molecular weight excluding hydrogens is 200 g/mol. The molecule has 3 nitrogen and oxygen atoms in total. The molecule has 0 bridgehead atoms. The quantitative estimate of drug-likeness (QED) is 0.819. The average Bonchev–Trinajstić information content (AvgIpc) is 2.83. The van der Waals surface area contributed by atoms with Crippen LogP contribution in [0.15, 0.2) is 48.8 Å². The van der Waals surface area contributed by atoms with Crippen LogP contribution < -0.4 is 5.73 Å². The molecule has 1 aromatic carbocycles. The van der Waals surface area contributed by atoms with Crippen molar-refractivity contribution < 1.29 is 5.11 Å². The molecule has 0 aliphatic carbocycles. The van der Waals surface area contributed by atoms with Gasteiger partial charge in [-0.3, -0.25) is 0 Å². The Morgan fingerprint density at radius 3 is 2.62 bits per heavy atom. The first-order chi connectivity index (χ1) is 7.81. The maximum Gasteiger partial charge on any atom is 0.0452 e.